The van der Waals surface area contributed by atoms with Gasteiger partial charge in [0.25, 0.3) is 0 Å². The highest BCUT2D eigenvalue weighted by molar-refractivity contribution is 5.60. The molecule has 0 spiro atoms. The van der Waals surface area contributed by atoms with E-state index in [0.29, 0.717) is 12.1 Å². The summed E-state index contributed by atoms with van der Waals surface area (Å²) in [6, 6.07) is 1.19. The van der Waals surface area contributed by atoms with Crippen molar-refractivity contribution in [1.82, 2.24) is 9.80 Å². The van der Waals surface area contributed by atoms with Gasteiger partial charge in [0.1, 0.15) is 0 Å². The number of aliphatic imine (C=N–C) groups is 1. The summed E-state index contributed by atoms with van der Waals surface area (Å²) in [6.07, 6.45) is 3.14. The molecule has 0 atom stereocenters. The van der Waals surface area contributed by atoms with E-state index < -0.39 is 0 Å². The minimum atomic E-state index is 0.548. The van der Waals surface area contributed by atoms with Gasteiger partial charge in [0.15, 0.2) is 0 Å². The summed E-state index contributed by atoms with van der Waals surface area (Å²) in [7, 11) is 0. The van der Waals surface area contributed by atoms with Gasteiger partial charge in [0.05, 0.1) is 6.34 Å². The smallest absolute Gasteiger partial charge is 0.0913 e. The normalized spacial score (nSPS) is 22.2. The van der Waals surface area contributed by atoms with Crippen LogP contribution in [0.1, 0.15) is 34.1 Å². The third-order valence-electron chi connectivity index (χ3n) is 3.57. The van der Waals surface area contributed by atoms with Gasteiger partial charge in [-0.05, 0) is 33.3 Å². The maximum absolute atomic E-state index is 4.60. The first kappa shape index (κ1) is 11.6. The van der Waals surface area contributed by atoms with Gasteiger partial charge in [-0.2, -0.15) is 0 Å². The molecule has 0 aromatic carbocycles. The average Bonchev–Trinajstić information content (AvgIpc) is 2.27. The van der Waals surface area contributed by atoms with Crippen molar-refractivity contribution in [3.63, 3.8) is 0 Å². The Bertz CT molecular complexity index is 315. The van der Waals surface area contributed by atoms with E-state index in [1.807, 2.05) is 6.34 Å². The maximum Gasteiger partial charge on any atom is 0.0913 e. The Hall–Kier alpha value is -0.830. The van der Waals surface area contributed by atoms with Gasteiger partial charge in [-0.15, -0.1) is 0 Å². The Balaban J connectivity index is 2.08. The summed E-state index contributed by atoms with van der Waals surface area (Å²) in [5, 5.41) is 0. The first-order valence-electron chi connectivity index (χ1n) is 6.33. The van der Waals surface area contributed by atoms with Crippen LogP contribution in [0.4, 0.5) is 0 Å². The fourth-order valence-corrected chi connectivity index (χ4v) is 2.30. The second-order valence-electron chi connectivity index (χ2n) is 5.38. The van der Waals surface area contributed by atoms with Crippen LogP contribution in [-0.4, -0.2) is 47.9 Å². The summed E-state index contributed by atoms with van der Waals surface area (Å²) in [5.41, 5.74) is 2.87. The molecule has 2 aliphatic heterocycles. The molecular weight excluding hydrogens is 198 g/mol. The lowest BCUT2D eigenvalue weighted by Gasteiger charge is -2.37. The molecule has 0 fully saturated rings. The Labute approximate surface area is 98.8 Å². The molecule has 0 amide bonds. The van der Waals surface area contributed by atoms with Crippen molar-refractivity contribution >= 4 is 6.34 Å². The molecule has 90 valence electrons. The van der Waals surface area contributed by atoms with Crippen LogP contribution in [0, 0.1) is 0 Å². The van der Waals surface area contributed by atoms with Gasteiger partial charge >= 0.3 is 0 Å². The lowest BCUT2D eigenvalue weighted by molar-refractivity contribution is 0.220. The SMILES string of the molecule is CC(C)N1C=NC2=C(C1)CN(C(C)C)CC2. The molecule has 16 heavy (non-hydrogen) atoms. The van der Waals surface area contributed by atoms with Crippen molar-refractivity contribution in [1.29, 1.82) is 0 Å². The fourth-order valence-electron chi connectivity index (χ4n) is 2.30. The van der Waals surface area contributed by atoms with Crippen LogP contribution in [-0.2, 0) is 0 Å². The van der Waals surface area contributed by atoms with Crippen LogP contribution in [0.15, 0.2) is 16.3 Å². The van der Waals surface area contributed by atoms with E-state index in [1.54, 1.807) is 0 Å². The van der Waals surface area contributed by atoms with Gasteiger partial charge in [-0.3, -0.25) is 4.90 Å². The zero-order valence-corrected chi connectivity index (χ0v) is 10.9. The second kappa shape index (κ2) is 4.58. The van der Waals surface area contributed by atoms with E-state index in [-0.39, 0.29) is 0 Å². The average molecular weight is 221 g/mol. The highest BCUT2D eigenvalue weighted by Crippen LogP contribution is 2.24. The molecule has 3 nitrogen and oxygen atoms in total. The lowest BCUT2D eigenvalue weighted by Crippen LogP contribution is -2.42. The molecule has 0 saturated carbocycles. The molecule has 2 rings (SSSR count). The Morgan fingerprint density at radius 3 is 2.50 bits per heavy atom. The zero-order chi connectivity index (χ0) is 11.7. The molecule has 0 N–H and O–H groups in total. The Morgan fingerprint density at radius 2 is 1.88 bits per heavy atom. The van der Waals surface area contributed by atoms with Crippen molar-refractivity contribution < 1.29 is 0 Å². The number of rotatable bonds is 2. The molecule has 0 aromatic rings. The van der Waals surface area contributed by atoms with E-state index >= 15 is 0 Å². The molecule has 0 aliphatic carbocycles. The zero-order valence-electron chi connectivity index (χ0n) is 10.9. The summed E-state index contributed by atoms with van der Waals surface area (Å²) in [5.74, 6) is 0. The van der Waals surface area contributed by atoms with Gasteiger partial charge in [0.2, 0.25) is 0 Å². The Morgan fingerprint density at radius 1 is 1.12 bits per heavy atom. The van der Waals surface area contributed by atoms with Crippen LogP contribution >= 0.6 is 0 Å². The summed E-state index contributed by atoms with van der Waals surface area (Å²) < 4.78 is 0. The third kappa shape index (κ3) is 2.29. The summed E-state index contributed by atoms with van der Waals surface area (Å²) in [6.45, 7) is 12.3. The quantitative estimate of drug-likeness (QED) is 0.711. The number of hydrogen-bond acceptors (Lipinski definition) is 3. The molecule has 0 radical (unpaired) electrons. The van der Waals surface area contributed by atoms with Crippen LogP contribution in [0.5, 0.6) is 0 Å². The number of hydrogen-bond donors (Lipinski definition) is 0. The van der Waals surface area contributed by atoms with Crippen molar-refractivity contribution in [3.05, 3.63) is 11.3 Å². The minimum Gasteiger partial charge on any atom is -0.356 e. The highest BCUT2D eigenvalue weighted by Gasteiger charge is 2.24. The van der Waals surface area contributed by atoms with Gasteiger partial charge in [0, 0.05) is 43.8 Å². The monoisotopic (exact) mass is 221 g/mol. The molecule has 0 bridgehead atoms. The van der Waals surface area contributed by atoms with Crippen molar-refractivity contribution in [3.8, 4) is 0 Å². The topological polar surface area (TPSA) is 18.8 Å². The van der Waals surface area contributed by atoms with Crippen LogP contribution in [0.2, 0.25) is 0 Å². The predicted molar refractivity (Wildman–Crippen MR) is 68.7 cm³/mol. The first-order valence-corrected chi connectivity index (χ1v) is 6.33. The first-order chi connectivity index (χ1) is 7.58. The second-order valence-corrected chi connectivity index (χ2v) is 5.38. The Kier molecular flexibility index (Phi) is 3.33. The van der Waals surface area contributed by atoms with E-state index in [0.717, 1.165) is 26.1 Å². The third-order valence-corrected chi connectivity index (χ3v) is 3.57. The minimum absolute atomic E-state index is 0.548. The van der Waals surface area contributed by atoms with E-state index in [2.05, 4.69) is 42.5 Å². The fraction of sp³-hybridized carbons (Fsp3) is 0.769. The van der Waals surface area contributed by atoms with Crippen molar-refractivity contribution in [2.45, 2.75) is 46.2 Å². The molecule has 0 aromatic heterocycles. The maximum atomic E-state index is 4.60. The predicted octanol–water partition coefficient (Wildman–Crippen LogP) is 2.11. The highest BCUT2D eigenvalue weighted by atomic mass is 15.2. The van der Waals surface area contributed by atoms with Crippen LogP contribution in [0.3, 0.4) is 0 Å². The standard InChI is InChI=1S/C13H23N3/c1-10(2)15-6-5-13-12(7-15)8-16(9-14-13)11(3)4/h9-11H,5-8H2,1-4H3. The van der Waals surface area contributed by atoms with Crippen LogP contribution < -0.4 is 0 Å². The molecule has 3 heteroatoms. The lowest BCUT2D eigenvalue weighted by atomic mass is 10.0. The van der Waals surface area contributed by atoms with E-state index in [4.69, 9.17) is 0 Å². The van der Waals surface area contributed by atoms with E-state index in [9.17, 15) is 0 Å². The van der Waals surface area contributed by atoms with Crippen LogP contribution in [0.25, 0.3) is 0 Å². The van der Waals surface area contributed by atoms with E-state index in [1.165, 1.54) is 11.3 Å². The molecular formula is C13H23N3. The largest absolute Gasteiger partial charge is 0.356 e. The molecule has 2 aliphatic rings. The van der Waals surface area contributed by atoms with Crippen molar-refractivity contribution in [2.24, 2.45) is 4.99 Å². The van der Waals surface area contributed by atoms with Crippen molar-refractivity contribution in [2.75, 3.05) is 19.6 Å². The molecule has 0 unspecified atom stereocenters. The number of nitrogens with zero attached hydrogens (tertiary/aromatic N) is 3. The van der Waals surface area contributed by atoms with Gasteiger partial charge < -0.3 is 4.90 Å². The van der Waals surface area contributed by atoms with Gasteiger partial charge in [-0.1, -0.05) is 0 Å². The molecule has 2 heterocycles. The van der Waals surface area contributed by atoms with Gasteiger partial charge in [-0.25, -0.2) is 4.99 Å². The summed E-state index contributed by atoms with van der Waals surface area (Å²) >= 11 is 0. The summed E-state index contributed by atoms with van der Waals surface area (Å²) in [4.78, 5) is 9.46. The molecule has 0 saturated heterocycles.